The predicted molar refractivity (Wildman–Crippen MR) is 70.9 cm³/mol. The van der Waals surface area contributed by atoms with Crippen LogP contribution < -0.4 is 4.74 Å². The maximum Gasteiger partial charge on any atom is 0.148 e. The van der Waals surface area contributed by atoms with E-state index in [-0.39, 0.29) is 6.61 Å². The summed E-state index contributed by atoms with van der Waals surface area (Å²) < 4.78 is 5.72. The van der Waals surface area contributed by atoms with Gasteiger partial charge in [0.1, 0.15) is 23.1 Å². The van der Waals surface area contributed by atoms with Crippen molar-refractivity contribution in [2.45, 2.75) is 20.5 Å². The smallest absolute Gasteiger partial charge is 0.148 e. The Morgan fingerprint density at radius 2 is 1.95 bits per heavy atom. The number of aryl methyl sites for hydroxylation is 2. The number of aliphatic hydroxyl groups is 1. The summed E-state index contributed by atoms with van der Waals surface area (Å²) in [5.41, 5.74) is 2.72. The highest BCUT2D eigenvalue weighted by Gasteiger charge is 2.10. The zero-order valence-corrected chi connectivity index (χ0v) is 10.8. The van der Waals surface area contributed by atoms with Crippen LogP contribution in [0.25, 0.3) is 0 Å². The molecule has 1 aromatic heterocycles. The number of nitriles is 1. The summed E-state index contributed by atoms with van der Waals surface area (Å²) in [5.74, 6) is 1.13. The molecule has 0 radical (unpaired) electrons. The first-order valence-electron chi connectivity index (χ1n) is 5.90. The van der Waals surface area contributed by atoms with E-state index in [1.807, 2.05) is 6.92 Å². The predicted octanol–water partition coefficient (Wildman–Crippen LogP) is 2.85. The topological polar surface area (TPSA) is 66.1 Å². The van der Waals surface area contributed by atoms with Gasteiger partial charge in [-0.05, 0) is 31.5 Å². The molecular weight excluding hydrogens is 240 g/mol. The Bertz CT molecular complexity index is 628. The van der Waals surface area contributed by atoms with Crippen molar-refractivity contribution in [3.05, 3.63) is 52.8 Å². The van der Waals surface area contributed by atoms with E-state index >= 15 is 0 Å². The fourth-order valence-electron chi connectivity index (χ4n) is 1.80. The third-order valence-electron chi connectivity index (χ3n) is 2.74. The molecule has 2 rings (SSSR count). The minimum Gasteiger partial charge on any atom is -0.456 e. The molecule has 1 N–H and O–H groups in total. The second kappa shape index (κ2) is 5.51. The molecule has 1 heterocycles. The molecule has 0 aliphatic rings. The quantitative estimate of drug-likeness (QED) is 0.914. The van der Waals surface area contributed by atoms with Crippen LogP contribution in [-0.4, -0.2) is 10.1 Å². The third-order valence-corrected chi connectivity index (χ3v) is 2.74. The molecule has 4 heteroatoms. The largest absolute Gasteiger partial charge is 0.456 e. The molecule has 0 bridgehead atoms. The first-order valence-corrected chi connectivity index (χ1v) is 5.90. The summed E-state index contributed by atoms with van der Waals surface area (Å²) in [6.45, 7) is 3.64. The van der Waals surface area contributed by atoms with Crippen LogP contribution in [0.4, 0.5) is 0 Å². The lowest BCUT2D eigenvalue weighted by Gasteiger charge is -2.10. The Kier molecular flexibility index (Phi) is 3.79. The molecule has 0 spiro atoms. The summed E-state index contributed by atoms with van der Waals surface area (Å²) >= 11 is 0. The van der Waals surface area contributed by atoms with Crippen LogP contribution in [0.3, 0.4) is 0 Å². The van der Waals surface area contributed by atoms with Crippen LogP contribution in [0.5, 0.6) is 11.5 Å². The first kappa shape index (κ1) is 13.1. The molecule has 0 fully saturated rings. The van der Waals surface area contributed by atoms with E-state index in [2.05, 4.69) is 11.1 Å². The number of aliphatic hydroxyl groups excluding tert-OH is 1. The average molecular weight is 254 g/mol. The first-order chi connectivity index (χ1) is 9.13. The van der Waals surface area contributed by atoms with Crippen LogP contribution in [0.15, 0.2) is 30.3 Å². The lowest BCUT2D eigenvalue weighted by Crippen LogP contribution is -1.96. The summed E-state index contributed by atoms with van der Waals surface area (Å²) in [4.78, 5) is 4.24. The van der Waals surface area contributed by atoms with Gasteiger partial charge in [-0.15, -0.1) is 0 Å². The van der Waals surface area contributed by atoms with Gasteiger partial charge >= 0.3 is 0 Å². The van der Waals surface area contributed by atoms with E-state index in [1.54, 1.807) is 37.3 Å². The van der Waals surface area contributed by atoms with Crippen molar-refractivity contribution in [1.82, 2.24) is 4.98 Å². The molecule has 1 aromatic carbocycles. The highest BCUT2D eigenvalue weighted by molar-refractivity contribution is 5.48. The van der Waals surface area contributed by atoms with E-state index in [9.17, 15) is 0 Å². The van der Waals surface area contributed by atoms with Gasteiger partial charge in [0.2, 0.25) is 0 Å². The number of hydrogen-bond donors (Lipinski definition) is 1. The van der Waals surface area contributed by atoms with E-state index in [0.717, 1.165) is 11.3 Å². The molecule has 0 atom stereocenters. The summed E-state index contributed by atoms with van der Waals surface area (Å²) in [7, 11) is 0. The Hall–Kier alpha value is -2.38. The Morgan fingerprint density at radius 1 is 1.26 bits per heavy atom. The van der Waals surface area contributed by atoms with Crippen molar-refractivity contribution in [3.8, 4) is 17.6 Å². The molecule has 0 saturated heterocycles. The number of hydrogen-bond acceptors (Lipinski definition) is 4. The normalized spacial score (nSPS) is 10.0. The van der Waals surface area contributed by atoms with Crippen LogP contribution >= 0.6 is 0 Å². The highest BCUT2D eigenvalue weighted by atomic mass is 16.5. The molecule has 19 heavy (non-hydrogen) atoms. The standard InChI is InChI=1S/C15H14N2O2/c1-10-7-15(14(8-16)11(2)17-10)19-13-5-3-12(9-18)4-6-13/h3-7,18H,9H2,1-2H3. The van der Waals surface area contributed by atoms with Gasteiger partial charge in [0, 0.05) is 11.8 Å². The van der Waals surface area contributed by atoms with Crippen molar-refractivity contribution in [2.24, 2.45) is 0 Å². The van der Waals surface area contributed by atoms with Gasteiger partial charge in [-0.2, -0.15) is 5.26 Å². The average Bonchev–Trinajstić information content (AvgIpc) is 2.39. The Balaban J connectivity index is 2.34. The van der Waals surface area contributed by atoms with Crippen molar-refractivity contribution in [2.75, 3.05) is 0 Å². The summed E-state index contributed by atoms with van der Waals surface area (Å²) in [6, 6.07) is 10.9. The Morgan fingerprint density at radius 3 is 2.53 bits per heavy atom. The number of rotatable bonds is 3. The second-order valence-corrected chi connectivity index (χ2v) is 4.24. The number of pyridine rings is 1. The second-order valence-electron chi connectivity index (χ2n) is 4.24. The van der Waals surface area contributed by atoms with E-state index in [0.29, 0.717) is 22.8 Å². The maximum atomic E-state index is 9.15. The molecule has 4 nitrogen and oxygen atoms in total. The lowest BCUT2D eigenvalue weighted by atomic mass is 10.2. The van der Waals surface area contributed by atoms with E-state index in [4.69, 9.17) is 15.1 Å². The minimum atomic E-state index is -0.00278. The van der Waals surface area contributed by atoms with Gasteiger partial charge in [0.25, 0.3) is 0 Å². The zero-order chi connectivity index (χ0) is 13.8. The molecule has 0 aliphatic heterocycles. The van der Waals surface area contributed by atoms with Gasteiger partial charge in [-0.1, -0.05) is 12.1 Å². The van der Waals surface area contributed by atoms with Crippen molar-refractivity contribution < 1.29 is 9.84 Å². The minimum absolute atomic E-state index is 0.00278. The molecule has 0 amide bonds. The van der Waals surface area contributed by atoms with Gasteiger partial charge in [-0.25, -0.2) is 0 Å². The van der Waals surface area contributed by atoms with Crippen LogP contribution in [0.2, 0.25) is 0 Å². The fourth-order valence-corrected chi connectivity index (χ4v) is 1.80. The van der Waals surface area contributed by atoms with E-state index < -0.39 is 0 Å². The number of ether oxygens (including phenoxy) is 1. The number of nitrogens with zero attached hydrogens (tertiary/aromatic N) is 2. The third kappa shape index (κ3) is 2.90. The Labute approximate surface area is 111 Å². The monoisotopic (exact) mass is 254 g/mol. The van der Waals surface area contributed by atoms with Crippen LogP contribution in [-0.2, 0) is 6.61 Å². The van der Waals surface area contributed by atoms with Gasteiger partial charge < -0.3 is 9.84 Å². The fraction of sp³-hybridized carbons (Fsp3) is 0.200. The molecule has 0 aliphatic carbocycles. The molecule has 0 unspecified atom stereocenters. The zero-order valence-electron chi connectivity index (χ0n) is 10.8. The number of aromatic nitrogens is 1. The van der Waals surface area contributed by atoms with Crippen molar-refractivity contribution in [1.29, 1.82) is 5.26 Å². The van der Waals surface area contributed by atoms with Gasteiger partial charge in [-0.3, -0.25) is 4.98 Å². The highest BCUT2D eigenvalue weighted by Crippen LogP contribution is 2.27. The summed E-state index contributed by atoms with van der Waals surface area (Å²) in [6.07, 6.45) is 0. The summed E-state index contributed by atoms with van der Waals surface area (Å²) in [5, 5.41) is 18.1. The van der Waals surface area contributed by atoms with Crippen LogP contribution in [0.1, 0.15) is 22.5 Å². The van der Waals surface area contributed by atoms with E-state index in [1.165, 1.54) is 0 Å². The van der Waals surface area contributed by atoms with Crippen molar-refractivity contribution >= 4 is 0 Å². The molecule has 2 aromatic rings. The molecule has 96 valence electrons. The van der Waals surface area contributed by atoms with Gasteiger partial charge in [0.15, 0.2) is 0 Å². The molecule has 0 saturated carbocycles. The SMILES string of the molecule is Cc1cc(Oc2ccc(CO)cc2)c(C#N)c(C)n1. The van der Waals surface area contributed by atoms with Gasteiger partial charge in [0.05, 0.1) is 12.3 Å². The molecular formula is C15H14N2O2. The van der Waals surface area contributed by atoms with Crippen LogP contribution in [0, 0.1) is 25.2 Å². The number of benzene rings is 1. The van der Waals surface area contributed by atoms with Crippen molar-refractivity contribution in [3.63, 3.8) is 0 Å². The lowest BCUT2D eigenvalue weighted by molar-refractivity contribution is 0.281. The maximum absolute atomic E-state index is 9.15.